The van der Waals surface area contributed by atoms with Gasteiger partial charge in [0.1, 0.15) is 5.75 Å². The minimum absolute atomic E-state index is 0.00583. The molecule has 0 atom stereocenters. The van der Waals surface area contributed by atoms with E-state index < -0.39 is 17.6 Å². The van der Waals surface area contributed by atoms with Gasteiger partial charge in [0.15, 0.2) is 5.76 Å². The lowest BCUT2D eigenvalue weighted by molar-refractivity contribution is -0.121. The van der Waals surface area contributed by atoms with Crippen LogP contribution < -0.4 is 9.64 Å². The molecule has 0 saturated carbocycles. The zero-order valence-electron chi connectivity index (χ0n) is 13.4. The molecule has 0 unspecified atom stereocenters. The summed E-state index contributed by atoms with van der Waals surface area (Å²) in [4.78, 5) is 26.2. The number of rotatable bonds is 4. The molecule has 0 spiro atoms. The molecule has 1 heterocycles. The fraction of sp³-hybridized carbons (Fsp3) is 0.158. The van der Waals surface area contributed by atoms with Crippen LogP contribution in [-0.2, 0) is 9.59 Å². The third-order valence-electron chi connectivity index (χ3n) is 3.81. The first-order valence-electron chi connectivity index (χ1n) is 7.65. The van der Waals surface area contributed by atoms with Crippen LogP contribution in [0, 0.1) is 6.92 Å². The highest BCUT2D eigenvalue weighted by molar-refractivity contribution is 6.45. The standard InChI is InChI=1S/C19H17NO4/c1-3-24-15-7-5-4-6-14(15)20-18(22)16(17(21)19(20)23)13-10-8-12(2)9-11-13/h4-11,21H,3H2,1-2H3. The predicted octanol–water partition coefficient (Wildman–Crippen LogP) is 3.24. The van der Waals surface area contributed by atoms with Crippen LogP contribution in [0.3, 0.4) is 0 Å². The molecule has 2 amide bonds. The van der Waals surface area contributed by atoms with Gasteiger partial charge in [-0.05, 0) is 31.5 Å². The van der Waals surface area contributed by atoms with E-state index in [2.05, 4.69) is 0 Å². The molecule has 1 aliphatic heterocycles. The van der Waals surface area contributed by atoms with E-state index in [1.54, 1.807) is 36.4 Å². The van der Waals surface area contributed by atoms with E-state index in [9.17, 15) is 14.7 Å². The number of amides is 2. The van der Waals surface area contributed by atoms with Crippen molar-refractivity contribution in [3.63, 3.8) is 0 Å². The number of carbonyl (C=O) groups is 2. The second kappa shape index (κ2) is 6.20. The summed E-state index contributed by atoms with van der Waals surface area (Å²) in [7, 11) is 0. The lowest BCUT2D eigenvalue weighted by Crippen LogP contribution is -2.32. The van der Waals surface area contributed by atoms with Crippen molar-refractivity contribution in [2.24, 2.45) is 0 Å². The number of carbonyl (C=O) groups excluding carboxylic acids is 2. The van der Waals surface area contributed by atoms with Crippen LogP contribution in [0.15, 0.2) is 54.3 Å². The second-order valence-electron chi connectivity index (χ2n) is 5.44. The van der Waals surface area contributed by atoms with Crippen LogP contribution in [0.4, 0.5) is 5.69 Å². The van der Waals surface area contributed by atoms with E-state index in [0.29, 0.717) is 23.6 Å². The summed E-state index contributed by atoms with van der Waals surface area (Å²) in [5, 5.41) is 10.2. The number of aliphatic hydroxyl groups is 1. The fourth-order valence-corrected chi connectivity index (χ4v) is 2.64. The van der Waals surface area contributed by atoms with Gasteiger partial charge < -0.3 is 9.84 Å². The summed E-state index contributed by atoms with van der Waals surface area (Å²) in [5.74, 6) is -1.44. The van der Waals surface area contributed by atoms with Gasteiger partial charge in [-0.25, -0.2) is 4.90 Å². The van der Waals surface area contributed by atoms with E-state index in [1.807, 2.05) is 26.0 Å². The summed E-state index contributed by atoms with van der Waals surface area (Å²) < 4.78 is 5.49. The maximum Gasteiger partial charge on any atom is 0.301 e. The summed E-state index contributed by atoms with van der Waals surface area (Å²) in [6.07, 6.45) is 0. The molecular formula is C19H17NO4. The number of nitrogens with zero attached hydrogens (tertiary/aromatic N) is 1. The number of anilines is 1. The highest BCUT2D eigenvalue weighted by Crippen LogP contribution is 2.36. The molecule has 5 nitrogen and oxygen atoms in total. The number of imide groups is 1. The van der Waals surface area contributed by atoms with Gasteiger partial charge in [-0.2, -0.15) is 0 Å². The Labute approximate surface area is 139 Å². The van der Waals surface area contributed by atoms with E-state index in [0.717, 1.165) is 10.5 Å². The van der Waals surface area contributed by atoms with Gasteiger partial charge in [0, 0.05) is 0 Å². The molecule has 24 heavy (non-hydrogen) atoms. The molecule has 2 aromatic rings. The van der Waals surface area contributed by atoms with Gasteiger partial charge >= 0.3 is 5.91 Å². The van der Waals surface area contributed by atoms with E-state index >= 15 is 0 Å². The van der Waals surface area contributed by atoms with Crippen molar-refractivity contribution in [1.29, 1.82) is 0 Å². The van der Waals surface area contributed by atoms with E-state index in [-0.39, 0.29) is 5.57 Å². The summed E-state index contributed by atoms with van der Waals surface area (Å²) >= 11 is 0. The molecule has 0 saturated heterocycles. The molecule has 0 fully saturated rings. The van der Waals surface area contributed by atoms with Crippen molar-refractivity contribution in [1.82, 2.24) is 0 Å². The summed E-state index contributed by atoms with van der Waals surface area (Å²) in [5.41, 5.74) is 1.86. The number of hydrogen-bond acceptors (Lipinski definition) is 4. The minimum Gasteiger partial charge on any atom is -0.502 e. The molecule has 3 rings (SSSR count). The normalized spacial score (nSPS) is 14.5. The van der Waals surface area contributed by atoms with Crippen LogP contribution in [0.1, 0.15) is 18.1 Å². The Bertz CT molecular complexity index is 837. The van der Waals surface area contributed by atoms with Gasteiger partial charge in [0.2, 0.25) is 0 Å². The van der Waals surface area contributed by atoms with Crippen molar-refractivity contribution in [3.05, 3.63) is 65.4 Å². The zero-order valence-corrected chi connectivity index (χ0v) is 13.4. The first kappa shape index (κ1) is 15.8. The monoisotopic (exact) mass is 323 g/mol. The number of para-hydroxylation sites is 2. The van der Waals surface area contributed by atoms with Crippen molar-refractivity contribution >= 4 is 23.1 Å². The van der Waals surface area contributed by atoms with Crippen molar-refractivity contribution in [2.45, 2.75) is 13.8 Å². The molecule has 5 heteroatoms. The van der Waals surface area contributed by atoms with E-state index in [1.165, 1.54) is 0 Å². The number of aryl methyl sites for hydroxylation is 1. The molecule has 1 aliphatic rings. The third kappa shape index (κ3) is 2.54. The Hall–Kier alpha value is -3.08. The Balaban J connectivity index is 2.05. The topological polar surface area (TPSA) is 66.8 Å². The molecular weight excluding hydrogens is 306 g/mol. The quantitative estimate of drug-likeness (QED) is 0.877. The fourth-order valence-electron chi connectivity index (χ4n) is 2.64. The van der Waals surface area contributed by atoms with Crippen LogP contribution in [0.5, 0.6) is 5.75 Å². The summed E-state index contributed by atoms with van der Waals surface area (Å²) in [6.45, 7) is 4.14. The van der Waals surface area contributed by atoms with Gasteiger partial charge in [-0.3, -0.25) is 9.59 Å². The number of aliphatic hydroxyl groups excluding tert-OH is 1. The van der Waals surface area contributed by atoms with E-state index in [4.69, 9.17) is 4.74 Å². The van der Waals surface area contributed by atoms with Crippen LogP contribution in [0.2, 0.25) is 0 Å². The average molecular weight is 323 g/mol. The molecule has 1 N–H and O–H groups in total. The lowest BCUT2D eigenvalue weighted by Gasteiger charge is -2.18. The maximum absolute atomic E-state index is 12.8. The molecule has 0 radical (unpaired) electrons. The smallest absolute Gasteiger partial charge is 0.301 e. The van der Waals surface area contributed by atoms with Crippen molar-refractivity contribution < 1.29 is 19.4 Å². The first-order valence-corrected chi connectivity index (χ1v) is 7.65. The van der Waals surface area contributed by atoms with Gasteiger partial charge in [-0.15, -0.1) is 0 Å². The van der Waals surface area contributed by atoms with Gasteiger partial charge in [-0.1, -0.05) is 42.0 Å². The van der Waals surface area contributed by atoms with Crippen LogP contribution >= 0.6 is 0 Å². The minimum atomic E-state index is -0.747. The van der Waals surface area contributed by atoms with Crippen LogP contribution in [0.25, 0.3) is 5.57 Å². The van der Waals surface area contributed by atoms with Crippen LogP contribution in [-0.4, -0.2) is 23.5 Å². The Morgan fingerprint density at radius 3 is 2.33 bits per heavy atom. The largest absolute Gasteiger partial charge is 0.502 e. The second-order valence-corrected chi connectivity index (χ2v) is 5.44. The Kier molecular flexibility index (Phi) is 4.08. The SMILES string of the molecule is CCOc1ccccc1N1C(=O)C(O)=C(c2ccc(C)cc2)C1=O. The number of ether oxygens (including phenoxy) is 1. The number of hydrogen-bond donors (Lipinski definition) is 1. The van der Waals surface area contributed by atoms with Crippen molar-refractivity contribution in [3.8, 4) is 5.75 Å². The number of benzene rings is 2. The molecule has 2 aromatic carbocycles. The lowest BCUT2D eigenvalue weighted by atomic mass is 10.0. The van der Waals surface area contributed by atoms with Crippen molar-refractivity contribution in [2.75, 3.05) is 11.5 Å². The summed E-state index contributed by atoms with van der Waals surface area (Å²) in [6, 6.07) is 13.8. The Morgan fingerprint density at radius 1 is 1.00 bits per heavy atom. The third-order valence-corrected chi connectivity index (χ3v) is 3.81. The molecule has 0 aromatic heterocycles. The highest BCUT2D eigenvalue weighted by Gasteiger charge is 2.41. The first-order chi connectivity index (χ1) is 11.5. The Morgan fingerprint density at radius 2 is 1.67 bits per heavy atom. The molecule has 122 valence electrons. The molecule has 0 aliphatic carbocycles. The zero-order chi connectivity index (χ0) is 17.3. The van der Waals surface area contributed by atoms with Gasteiger partial charge in [0.25, 0.3) is 5.91 Å². The average Bonchev–Trinajstić information content (AvgIpc) is 2.79. The van der Waals surface area contributed by atoms with Gasteiger partial charge in [0.05, 0.1) is 17.9 Å². The maximum atomic E-state index is 12.8. The molecule has 0 bridgehead atoms. The highest BCUT2D eigenvalue weighted by atomic mass is 16.5. The predicted molar refractivity (Wildman–Crippen MR) is 90.8 cm³/mol.